The molecule has 1 fully saturated rings. The van der Waals surface area contributed by atoms with E-state index in [1.165, 1.54) is 12.1 Å². The molecule has 1 heterocycles. The number of sulfone groups is 1. The molecule has 1 N–H and O–H groups in total. The van der Waals surface area contributed by atoms with Gasteiger partial charge in [-0.1, -0.05) is 31.2 Å². The first-order chi connectivity index (χ1) is 18.5. The molecule has 1 aromatic heterocycles. The Morgan fingerprint density at radius 2 is 1.64 bits per heavy atom. The molecule has 1 aliphatic rings. The van der Waals surface area contributed by atoms with Crippen LogP contribution in [0.2, 0.25) is 0 Å². The number of alkyl halides is 3. The molecule has 1 amide bonds. The van der Waals surface area contributed by atoms with Crippen LogP contribution in [0.1, 0.15) is 53.0 Å². The van der Waals surface area contributed by atoms with E-state index in [4.69, 9.17) is 0 Å². The Labute approximate surface area is 224 Å². The molecule has 1 aliphatic carbocycles. The SMILES string of the molecule is CCS(=O)(=O)c1ccc(CNC(=O)c2ccc3c(c2)cc(Cc2ccc(OC(F)(F)F)cc2)n3C2CC2)cc1. The second-order valence-corrected chi connectivity index (χ2v) is 11.9. The molecular formula is C29H27F3N2O4S. The third-order valence-electron chi connectivity index (χ3n) is 6.75. The highest BCUT2D eigenvalue weighted by Gasteiger charge is 2.31. The molecule has 6 nitrogen and oxygen atoms in total. The standard InChI is InChI=1S/C29H27F3N2O4S/c1-2-39(36,37)26-12-5-20(6-13-26)18-33-28(35)21-7-14-27-22(16-21)17-24(34(27)23-8-9-23)15-19-3-10-25(11-4-19)38-29(30,31)32/h3-7,10-14,16-17,23H,2,8-9,15,18H2,1H3,(H,33,35). The Morgan fingerprint density at radius 3 is 2.26 bits per heavy atom. The third kappa shape index (κ3) is 6.27. The van der Waals surface area contributed by atoms with E-state index in [0.717, 1.165) is 40.6 Å². The van der Waals surface area contributed by atoms with Gasteiger partial charge in [0.05, 0.1) is 10.6 Å². The summed E-state index contributed by atoms with van der Waals surface area (Å²) in [4.78, 5) is 13.1. The maximum Gasteiger partial charge on any atom is 0.573 e. The number of ether oxygens (including phenoxy) is 1. The average molecular weight is 557 g/mol. The summed E-state index contributed by atoms with van der Waals surface area (Å²) in [7, 11) is -3.28. The number of hydrogen-bond donors (Lipinski definition) is 1. The number of amides is 1. The molecule has 0 aliphatic heterocycles. The van der Waals surface area contributed by atoms with Gasteiger partial charge < -0.3 is 14.6 Å². The van der Waals surface area contributed by atoms with Gasteiger partial charge in [-0.2, -0.15) is 0 Å². The molecule has 0 radical (unpaired) electrons. The highest BCUT2D eigenvalue weighted by molar-refractivity contribution is 7.91. The predicted molar refractivity (Wildman–Crippen MR) is 141 cm³/mol. The van der Waals surface area contributed by atoms with Crippen molar-refractivity contribution >= 4 is 26.6 Å². The van der Waals surface area contributed by atoms with E-state index >= 15 is 0 Å². The molecule has 10 heteroatoms. The van der Waals surface area contributed by atoms with E-state index < -0.39 is 16.2 Å². The van der Waals surface area contributed by atoms with Gasteiger partial charge in [-0.15, -0.1) is 13.2 Å². The number of hydrogen-bond acceptors (Lipinski definition) is 4. The summed E-state index contributed by atoms with van der Waals surface area (Å²) in [5, 5.41) is 3.80. The van der Waals surface area contributed by atoms with E-state index in [1.54, 1.807) is 49.4 Å². The summed E-state index contributed by atoms with van der Waals surface area (Å²) >= 11 is 0. The van der Waals surface area contributed by atoms with Crippen LogP contribution in [0.15, 0.2) is 77.7 Å². The predicted octanol–water partition coefficient (Wildman–Crippen LogP) is 6.19. The molecule has 1 saturated carbocycles. The third-order valence-corrected chi connectivity index (χ3v) is 8.50. The largest absolute Gasteiger partial charge is 0.573 e. The number of nitrogens with zero attached hydrogens (tertiary/aromatic N) is 1. The Kier molecular flexibility index (Phi) is 7.15. The molecule has 0 saturated heterocycles. The maximum absolute atomic E-state index is 12.9. The van der Waals surface area contributed by atoms with E-state index in [9.17, 15) is 26.4 Å². The van der Waals surface area contributed by atoms with E-state index in [2.05, 4.69) is 14.6 Å². The summed E-state index contributed by atoms with van der Waals surface area (Å²) < 4.78 is 67.6. The zero-order chi connectivity index (χ0) is 27.8. The smallest absolute Gasteiger partial charge is 0.406 e. The van der Waals surface area contributed by atoms with Gasteiger partial charge in [0.1, 0.15) is 5.75 Å². The minimum atomic E-state index is -4.73. The van der Waals surface area contributed by atoms with Crippen molar-refractivity contribution in [1.29, 1.82) is 0 Å². The van der Waals surface area contributed by atoms with Gasteiger partial charge >= 0.3 is 6.36 Å². The zero-order valence-corrected chi connectivity index (χ0v) is 22.0. The van der Waals surface area contributed by atoms with Crippen molar-refractivity contribution in [3.8, 4) is 5.75 Å². The fraction of sp³-hybridized carbons (Fsp3) is 0.276. The van der Waals surface area contributed by atoms with Crippen LogP contribution < -0.4 is 10.1 Å². The number of carbonyl (C=O) groups is 1. The maximum atomic E-state index is 12.9. The van der Waals surface area contributed by atoms with E-state index in [1.807, 2.05) is 18.2 Å². The van der Waals surface area contributed by atoms with E-state index in [0.29, 0.717) is 18.0 Å². The molecule has 0 spiro atoms. The van der Waals surface area contributed by atoms with Crippen molar-refractivity contribution in [2.24, 2.45) is 0 Å². The van der Waals surface area contributed by atoms with Gasteiger partial charge in [0.2, 0.25) is 0 Å². The first-order valence-electron chi connectivity index (χ1n) is 12.6. The molecule has 39 heavy (non-hydrogen) atoms. The van der Waals surface area contributed by atoms with Crippen LogP contribution in [0.25, 0.3) is 10.9 Å². The normalized spacial score (nSPS) is 13.9. The first-order valence-corrected chi connectivity index (χ1v) is 14.3. The first kappa shape index (κ1) is 26.8. The van der Waals surface area contributed by atoms with Crippen molar-refractivity contribution in [3.05, 3.63) is 95.2 Å². The lowest BCUT2D eigenvalue weighted by molar-refractivity contribution is -0.274. The molecule has 4 aromatic rings. The fourth-order valence-electron chi connectivity index (χ4n) is 4.62. The summed E-state index contributed by atoms with van der Waals surface area (Å²) in [5.74, 6) is -0.478. The van der Waals surface area contributed by atoms with Crippen LogP contribution in [-0.4, -0.2) is 31.0 Å². The average Bonchev–Trinajstić information content (AvgIpc) is 3.68. The van der Waals surface area contributed by atoms with Crippen molar-refractivity contribution in [2.75, 3.05) is 5.75 Å². The monoisotopic (exact) mass is 556 g/mol. The summed E-state index contributed by atoms with van der Waals surface area (Å²) in [6.07, 6.45) is -2.10. The number of fused-ring (bicyclic) bond motifs is 1. The number of rotatable bonds is 9. The van der Waals surface area contributed by atoms with Crippen LogP contribution in [0.3, 0.4) is 0 Å². The second-order valence-electron chi connectivity index (χ2n) is 9.61. The summed E-state index contributed by atoms with van der Waals surface area (Å²) in [6, 6.07) is 20.3. The van der Waals surface area contributed by atoms with Crippen LogP contribution in [0, 0.1) is 0 Å². The van der Waals surface area contributed by atoms with Crippen molar-refractivity contribution in [3.63, 3.8) is 0 Å². The van der Waals surface area contributed by atoms with Crippen molar-refractivity contribution in [2.45, 2.75) is 50.0 Å². The lowest BCUT2D eigenvalue weighted by Gasteiger charge is -2.11. The van der Waals surface area contributed by atoms with Crippen LogP contribution in [-0.2, 0) is 22.8 Å². The van der Waals surface area contributed by atoms with Gasteiger partial charge in [-0.3, -0.25) is 4.79 Å². The Bertz CT molecular complexity index is 1610. The van der Waals surface area contributed by atoms with Crippen molar-refractivity contribution < 1.29 is 31.1 Å². The van der Waals surface area contributed by atoms with E-state index in [-0.39, 0.29) is 28.8 Å². The number of nitrogens with one attached hydrogen (secondary N) is 1. The number of benzene rings is 3. The summed E-state index contributed by atoms with van der Waals surface area (Å²) in [5.41, 5.74) is 4.17. The van der Waals surface area contributed by atoms with Gasteiger partial charge in [0.15, 0.2) is 9.84 Å². The Morgan fingerprint density at radius 1 is 0.974 bits per heavy atom. The lowest BCUT2D eigenvalue weighted by Crippen LogP contribution is -2.22. The van der Waals surface area contributed by atoms with Gasteiger partial charge in [-0.05, 0) is 72.5 Å². The van der Waals surface area contributed by atoms with Gasteiger partial charge in [-0.25, -0.2) is 8.42 Å². The molecule has 5 rings (SSSR count). The minimum absolute atomic E-state index is 0.0267. The topological polar surface area (TPSA) is 77.4 Å². The fourth-order valence-corrected chi connectivity index (χ4v) is 5.50. The highest BCUT2D eigenvalue weighted by atomic mass is 32.2. The number of aromatic nitrogens is 1. The quantitative estimate of drug-likeness (QED) is 0.267. The molecule has 0 atom stereocenters. The second kappa shape index (κ2) is 10.4. The van der Waals surface area contributed by atoms with Gasteiger partial charge in [0.25, 0.3) is 5.91 Å². The Hall–Kier alpha value is -3.79. The molecule has 0 bridgehead atoms. The molecular weight excluding hydrogens is 529 g/mol. The Balaban J connectivity index is 1.31. The summed E-state index contributed by atoms with van der Waals surface area (Å²) in [6.45, 7) is 1.85. The molecule has 3 aromatic carbocycles. The zero-order valence-electron chi connectivity index (χ0n) is 21.2. The van der Waals surface area contributed by atoms with Crippen LogP contribution in [0.5, 0.6) is 5.75 Å². The van der Waals surface area contributed by atoms with Crippen LogP contribution in [0.4, 0.5) is 13.2 Å². The minimum Gasteiger partial charge on any atom is -0.406 e. The lowest BCUT2D eigenvalue weighted by atomic mass is 10.1. The molecule has 0 unspecified atom stereocenters. The highest BCUT2D eigenvalue weighted by Crippen LogP contribution is 2.40. The van der Waals surface area contributed by atoms with Crippen LogP contribution >= 0.6 is 0 Å². The van der Waals surface area contributed by atoms with Gasteiger partial charge in [0, 0.05) is 41.2 Å². The number of halogens is 3. The molecule has 204 valence electrons. The van der Waals surface area contributed by atoms with Crippen molar-refractivity contribution in [1.82, 2.24) is 9.88 Å². The number of carbonyl (C=O) groups excluding carboxylic acids is 1.